The van der Waals surface area contributed by atoms with Crippen LogP contribution in [0.1, 0.15) is 44.7 Å². The fourth-order valence-electron chi connectivity index (χ4n) is 4.10. The molecule has 3 aromatic carbocycles. The van der Waals surface area contributed by atoms with Crippen LogP contribution in [0.3, 0.4) is 0 Å². The first-order valence-electron chi connectivity index (χ1n) is 13.2. The van der Waals surface area contributed by atoms with Crippen LogP contribution in [0.15, 0.2) is 83.8 Å². The minimum absolute atomic E-state index is 0.0733. The van der Waals surface area contributed by atoms with Crippen LogP contribution < -0.4 is 9.62 Å². The van der Waals surface area contributed by atoms with E-state index in [1.807, 2.05) is 32.0 Å². The van der Waals surface area contributed by atoms with E-state index in [4.69, 9.17) is 11.6 Å². The van der Waals surface area contributed by atoms with Gasteiger partial charge in [0.15, 0.2) is 0 Å². The molecule has 3 rings (SSSR count). The fourth-order valence-corrected chi connectivity index (χ4v) is 5.75. The molecular formula is C30H36ClN3O4S. The molecule has 0 unspecified atom stereocenters. The molecule has 3 aromatic rings. The molecular weight excluding hydrogens is 534 g/mol. The fraction of sp³-hybridized carbons (Fsp3) is 0.333. The van der Waals surface area contributed by atoms with Gasteiger partial charge in [-0.1, -0.05) is 74.3 Å². The Bertz CT molecular complexity index is 1350. The van der Waals surface area contributed by atoms with Crippen LogP contribution in [0.2, 0.25) is 5.02 Å². The molecule has 0 saturated carbocycles. The number of nitrogens with zero attached hydrogens (tertiary/aromatic N) is 2. The second-order valence-electron chi connectivity index (χ2n) is 9.32. The highest BCUT2D eigenvalue weighted by atomic mass is 35.5. The number of hydrogen-bond acceptors (Lipinski definition) is 4. The molecule has 0 heterocycles. The lowest BCUT2D eigenvalue weighted by molar-refractivity contribution is -0.139. The molecule has 2 amide bonds. The zero-order valence-electron chi connectivity index (χ0n) is 22.6. The normalized spacial score (nSPS) is 12.0. The van der Waals surface area contributed by atoms with E-state index in [0.717, 1.165) is 34.7 Å². The van der Waals surface area contributed by atoms with Crippen LogP contribution in [-0.2, 0) is 32.6 Å². The number of carbonyl (C=O) groups is 2. The van der Waals surface area contributed by atoms with Gasteiger partial charge in [-0.3, -0.25) is 13.9 Å². The summed E-state index contributed by atoms with van der Waals surface area (Å²) < 4.78 is 28.7. The van der Waals surface area contributed by atoms with E-state index >= 15 is 0 Å². The summed E-state index contributed by atoms with van der Waals surface area (Å²) in [6.07, 6.45) is 2.53. The average Bonchev–Trinajstić information content (AvgIpc) is 2.94. The van der Waals surface area contributed by atoms with Crippen molar-refractivity contribution in [3.8, 4) is 0 Å². The largest absolute Gasteiger partial charge is 0.354 e. The minimum Gasteiger partial charge on any atom is -0.354 e. The van der Waals surface area contributed by atoms with Gasteiger partial charge >= 0.3 is 0 Å². The molecule has 39 heavy (non-hydrogen) atoms. The third-order valence-electron chi connectivity index (χ3n) is 6.48. The maximum absolute atomic E-state index is 13.9. The van der Waals surface area contributed by atoms with Crippen molar-refractivity contribution in [1.29, 1.82) is 0 Å². The van der Waals surface area contributed by atoms with Crippen molar-refractivity contribution in [2.45, 2.75) is 57.5 Å². The van der Waals surface area contributed by atoms with Gasteiger partial charge in [-0.2, -0.15) is 0 Å². The van der Waals surface area contributed by atoms with E-state index in [9.17, 15) is 18.0 Å². The van der Waals surface area contributed by atoms with Crippen LogP contribution >= 0.6 is 11.6 Å². The molecule has 0 radical (unpaired) electrons. The molecule has 0 aromatic heterocycles. The van der Waals surface area contributed by atoms with Gasteiger partial charge in [-0.05, 0) is 67.3 Å². The van der Waals surface area contributed by atoms with Crippen molar-refractivity contribution in [3.63, 3.8) is 0 Å². The number of amides is 2. The molecule has 9 heteroatoms. The number of rotatable bonds is 13. The number of halogens is 1. The Hall–Kier alpha value is -3.36. The second-order valence-corrected chi connectivity index (χ2v) is 11.6. The third kappa shape index (κ3) is 8.07. The maximum atomic E-state index is 13.9. The summed E-state index contributed by atoms with van der Waals surface area (Å²) in [7, 11) is -4.08. The molecule has 0 aliphatic heterocycles. The number of sulfonamides is 1. The molecule has 1 N–H and O–H groups in total. The van der Waals surface area contributed by atoms with Crippen molar-refractivity contribution < 1.29 is 18.0 Å². The van der Waals surface area contributed by atoms with Gasteiger partial charge in [0.2, 0.25) is 11.8 Å². The zero-order chi connectivity index (χ0) is 28.4. The first-order valence-corrected chi connectivity index (χ1v) is 15.0. The van der Waals surface area contributed by atoms with Crippen molar-refractivity contribution in [3.05, 3.63) is 95.0 Å². The number of aryl methyl sites for hydroxylation is 1. The van der Waals surface area contributed by atoms with E-state index < -0.39 is 28.5 Å². The first kappa shape index (κ1) is 30.2. The predicted octanol–water partition coefficient (Wildman–Crippen LogP) is 5.43. The lowest BCUT2D eigenvalue weighted by atomic mass is 10.1. The molecule has 0 fully saturated rings. The monoisotopic (exact) mass is 569 g/mol. The van der Waals surface area contributed by atoms with Crippen LogP contribution in [-0.4, -0.2) is 44.3 Å². The van der Waals surface area contributed by atoms with Crippen LogP contribution in [0.4, 0.5) is 5.69 Å². The van der Waals surface area contributed by atoms with Gasteiger partial charge in [-0.15, -0.1) is 0 Å². The van der Waals surface area contributed by atoms with E-state index in [1.54, 1.807) is 55.5 Å². The third-order valence-corrected chi connectivity index (χ3v) is 8.50. The highest BCUT2D eigenvalue weighted by molar-refractivity contribution is 7.92. The highest BCUT2D eigenvalue weighted by Crippen LogP contribution is 2.25. The maximum Gasteiger partial charge on any atom is 0.264 e. The van der Waals surface area contributed by atoms with Gasteiger partial charge in [0.1, 0.15) is 12.6 Å². The summed E-state index contributed by atoms with van der Waals surface area (Å²) in [4.78, 5) is 28.4. The Kier molecular flexibility index (Phi) is 10.9. The molecule has 7 nitrogen and oxygen atoms in total. The van der Waals surface area contributed by atoms with E-state index in [0.29, 0.717) is 17.3 Å². The summed E-state index contributed by atoms with van der Waals surface area (Å²) in [5.41, 5.74) is 2.14. The number of unbranched alkanes of at least 4 members (excludes halogenated alkanes) is 1. The molecule has 0 aliphatic carbocycles. The van der Waals surface area contributed by atoms with Crippen LogP contribution in [0, 0.1) is 0 Å². The molecule has 0 aliphatic rings. The average molecular weight is 570 g/mol. The molecule has 1 atom stereocenters. The second kappa shape index (κ2) is 14.1. The Morgan fingerprint density at radius 2 is 1.62 bits per heavy atom. The first-order chi connectivity index (χ1) is 18.7. The Balaban J connectivity index is 1.99. The minimum atomic E-state index is -4.08. The number of carbonyl (C=O) groups excluding carboxylic acids is 2. The van der Waals surface area contributed by atoms with Crippen molar-refractivity contribution in [1.82, 2.24) is 10.2 Å². The predicted molar refractivity (Wildman–Crippen MR) is 156 cm³/mol. The van der Waals surface area contributed by atoms with Gasteiger partial charge in [0, 0.05) is 18.1 Å². The Morgan fingerprint density at radius 1 is 0.923 bits per heavy atom. The van der Waals surface area contributed by atoms with Crippen LogP contribution in [0.25, 0.3) is 0 Å². The molecule has 0 spiro atoms. The highest BCUT2D eigenvalue weighted by Gasteiger charge is 2.32. The quantitative estimate of drug-likeness (QED) is 0.278. The van der Waals surface area contributed by atoms with E-state index in [2.05, 4.69) is 5.32 Å². The number of hydrogen-bond donors (Lipinski definition) is 1. The molecule has 0 saturated heterocycles. The number of benzene rings is 3. The topological polar surface area (TPSA) is 86.8 Å². The standard InChI is InChI=1S/C30H36ClN3O4S/c1-4-6-19-32-30(36)23(3)33(21-25-11-10-12-26(31)20-25)29(35)22-34(27-17-15-24(5-2)16-18-27)39(37,38)28-13-8-7-9-14-28/h7-18,20,23H,4-6,19,21-22H2,1-3H3,(H,32,36)/t23-/m1/s1. The summed E-state index contributed by atoms with van der Waals surface area (Å²) in [6.45, 7) is 5.80. The van der Waals surface area contributed by atoms with Gasteiger partial charge in [0.25, 0.3) is 10.0 Å². The van der Waals surface area contributed by atoms with Crippen LogP contribution in [0.5, 0.6) is 0 Å². The summed E-state index contributed by atoms with van der Waals surface area (Å²) in [6, 6.07) is 21.3. The zero-order valence-corrected chi connectivity index (χ0v) is 24.2. The Morgan fingerprint density at radius 3 is 2.23 bits per heavy atom. The van der Waals surface area contributed by atoms with E-state index in [-0.39, 0.29) is 17.3 Å². The number of anilines is 1. The van der Waals surface area contributed by atoms with Gasteiger partial charge in [0.05, 0.1) is 10.6 Å². The lowest BCUT2D eigenvalue weighted by Gasteiger charge is -2.32. The summed E-state index contributed by atoms with van der Waals surface area (Å²) in [5, 5.41) is 3.38. The summed E-state index contributed by atoms with van der Waals surface area (Å²) >= 11 is 6.18. The molecule has 0 bridgehead atoms. The molecule has 208 valence electrons. The van der Waals surface area contributed by atoms with Crippen molar-refractivity contribution in [2.24, 2.45) is 0 Å². The smallest absolute Gasteiger partial charge is 0.264 e. The van der Waals surface area contributed by atoms with Crippen molar-refractivity contribution >= 4 is 39.1 Å². The van der Waals surface area contributed by atoms with Gasteiger partial charge < -0.3 is 10.2 Å². The van der Waals surface area contributed by atoms with Gasteiger partial charge in [-0.25, -0.2) is 8.42 Å². The van der Waals surface area contributed by atoms with E-state index in [1.165, 1.54) is 17.0 Å². The SMILES string of the molecule is CCCCNC(=O)[C@@H](C)N(Cc1cccc(Cl)c1)C(=O)CN(c1ccc(CC)cc1)S(=O)(=O)c1ccccc1. The Labute approximate surface area is 236 Å². The number of nitrogens with one attached hydrogen (secondary N) is 1. The van der Waals surface area contributed by atoms with Crippen molar-refractivity contribution in [2.75, 3.05) is 17.4 Å². The lowest BCUT2D eigenvalue weighted by Crippen LogP contribution is -2.51. The summed E-state index contributed by atoms with van der Waals surface area (Å²) in [5.74, 6) is -0.809.